The molecular formula is C22H21NO5S. The number of carbonyl (C=O) groups is 2. The number of anilines is 1. The summed E-state index contributed by atoms with van der Waals surface area (Å²) >= 11 is 1.40. The van der Waals surface area contributed by atoms with E-state index in [1.807, 2.05) is 0 Å². The third-order valence-corrected chi connectivity index (χ3v) is 6.28. The van der Waals surface area contributed by atoms with Crippen molar-refractivity contribution in [3.05, 3.63) is 62.5 Å². The number of rotatable bonds is 4. The minimum atomic E-state index is -0.571. The molecule has 0 spiro atoms. The van der Waals surface area contributed by atoms with Crippen molar-refractivity contribution in [2.24, 2.45) is 5.92 Å². The maximum absolute atomic E-state index is 12.8. The van der Waals surface area contributed by atoms with Crippen LogP contribution in [0.2, 0.25) is 0 Å². The van der Waals surface area contributed by atoms with Crippen molar-refractivity contribution in [1.82, 2.24) is 0 Å². The lowest BCUT2D eigenvalue weighted by molar-refractivity contribution is 0.0526. The van der Waals surface area contributed by atoms with Crippen LogP contribution in [0.1, 0.15) is 51.6 Å². The lowest BCUT2D eigenvalue weighted by atomic mass is 9.88. The summed E-state index contributed by atoms with van der Waals surface area (Å²) in [5.74, 6) is -0.568. The van der Waals surface area contributed by atoms with Gasteiger partial charge in [-0.1, -0.05) is 25.1 Å². The summed E-state index contributed by atoms with van der Waals surface area (Å²) in [6.07, 6.45) is 2.64. The standard InChI is InChI=1S/C22H21NO5S/c1-3-27-22(26)18-15-9-8-12(2)10-17(15)29-20(18)23-19(24)16-11-13-6-4-5-7-14(13)21(25)28-16/h4-7,11-12H,3,8-10H2,1-2H3,(H,23,24)/t12-/m0/s1. The van der Waals surface area contributed by atoms with Crippen LogP contribution >= 0.6 is 11.3 Å². The summed E-state index contributed by atoms with van der Waals surface area (Å²) in [6, 6.07) is 8.46. The van der Waals surface area contributed by atoms with Crippen molar-refractivity contribution in [1.29, 1.82) is 0 Å². The molecule has 4 rings (SSSR count). The fraction of sp³-hybridized carbons (Fsp3) is 0.318. The largest absolute Gasteiger partial charge is 0.462 e. The third kappa shape index (κ3) is 3.70. The van der Waals surface area contributed by atoms with Crippen molar-refractivity contribution in [3.8, 4) is 0 Å². The number of thiophene rings is 1. The fourth-order valence-corrected chi connectivity index (χ4v) is 5.06. The summed E-state index contributed by atoms with van der Waals surface area (Å²) in [4.78, 5) is 38.7. The molecule has 0 unspecified atom stereocenters. The second-order valence-electron chi connectivity index (χ2n) is 7.22. The van der Waals surface area contributed by atoms with Gasteiger partial charge in [-0.25, -0.2) is 9.59 Å². The van der Waals surface area contributed by atoms with E-state index in [1.54, 1.807) is 31.2 Å². The van der Waals surface area contributed by atoms with Gasteiger partial charge in [0.25, 0.3) is 5.91 Å². The first kappa shape index (κ1) is 19.4. The van der Waals surface area contributed by atoms with Crippen LogP contribution in [0.5, 0.6) is 0 Å². The highest BCUT2D eigenvalue weighted by Crippen LogP contribution is 2.40. The highest BCUT2D eigenvalue weighted by atomic mass is 32.1. The zero-order chi connectivity index (χ0) is 20.5. The number of hydrogen-bond donors (Lipinski definition) is 1. The Balaban J connectivity index is 1.71. The van der Waals surface area contributed by atoms with Crippen molar-refractivity contribution in [2.45, 2.75) is 33.1 Å². The van der Waals surface area contributed by atoms with Gasteiger partial charge in [0, 0.05) is 4.88 Å². The molecule has 0 fully saturated rings. The van der Waals surface area contributed by atoms with Crippen molar-refractivity contribution < 1.29 is 18.7 Å². The first-order valence-electron chi connectivity index (χ1n) is 9.63. The van der Waals surface area contributed by atoms with Gasteiger partial charge in [0.15, 0.2) is 5.76 Å². The molecule has 0 aliphatic heterocycles. The highest BCUT2D eigenvalue weighted by Gasteiger charge is 2.29. The molecule has 150 valence electrons. The number of ether oxygens (including phenoxy) is 1. The molecule has 2 aromatic heterocycles. The summed E-state index contributed by atoms with van der Waals surface area (Å²) in [6.45, 7) is 4.18. The molecule has 0 saturated heterocycles. The van der Waals surface area contributed by atoms with Crippen LogP contribution in [0.4, 0.5) is 5.00 Å². The molecule has 2 heterocycles. The zero-order valence-corrected chi connectivity index (χ0v) is 17.1. The normalized spacial score (nSPS) is 15.7. The molecular weight excluding hydrogens is 390 g/mol. The summed E-state index contributed by atoms with van der Waals surface area (Å²) in [5, 5.41) is 4.26. The van der Waals surface area contributed by atoms with Gasteiger partial charge in [-0.05, 0) is 55.2 Å². The van der Waals surface area contributed by atoms with E-state index in [9.17, 15) is 14.4 Å². The maximum atomic E-state index is 12.8. The zero-order valence-electron chi connectivity index (χ0n) is 16.2. The van der Waals surface area contributed by atoms with E-state index in [0.29, 0.717) is 27.3 Å². The van der Waals surface area contributed by atoms with Gasteiger partial charge in [0.1, 0.15) is 5.00 Å². The minimum Gasteiger partial charge on any atom is -0.462 e. The average Bonchev–Trinajstić information content (AvgIpc) is 3.05. The van der Waals surface area contributed by atoms with Crippen molar-refractivity contribution in [3.63, 3.8) is 0 Å². The molecule has 1 aromatic carbocycles. The minimum absolute atomic E-state index is 0.0942. The van der Waals surface area contributed by atoms with E-state index in [4.69, 9.17) is 9.15 Å². The van der Waals surface area contributed by atoms with E-state index in [-0.39, 0.29) is 12.4 Å². The molecule has 0 saturated carbocycles. The average molecular weight is 411 g/mol. The van der Waals surface area contributed by atoms with Crippen LogP contribution < -0.4 is 10.9 Å². The van der Waals surface area contributed by atoms with Gasteiger partial charge in [0.2, 0.25) is 0 Å². The summed E-state index contributed by atoms with van der Waals surface area (Å²) < 4.78 is 10.4. The number of benzene rings is 1. The Morgan fingerprint density at radius 2 is 2.10 bits per heavy atom. The fourth-order valence-electron chi connectivity index (χ4n) is 3.67. The summed E-state index contributed by atoms with van der Waals surface area (Å²) in [7, 11) is 0. The Morgan fingerprint density at radius 3 is 2.90 bits per heavy atom. The SMILES string of the molecule is CCOC(=O)c1c(NC(=O)c2cc3ccccc3c(=O)o2)sc2c1CC[C@H](C)C2. The van der Waals surface area contributed by atoms with Gasteiger partial charge in [-0.3, -0.25) is 4.79 Å². The number of fused-ring (bicyclic) bond motifs is 2. The number of nitrogens with one attached hydrogen (secondary N) is 1. The third-order valence-electron chi connectivity index (χ3n) is 5.11. The van der Waals surface area contributed by atoms with Gasteiger partial charge >= 0.3 is 11.6 Å². The van der Waals surface area contributed by atoms with Crippen LogP contribution in [0, 0.1) is 5.92 Å². The van der Waals surface area contributed by atoms with E-state index in [1.165, 1.54) is 17.4 Å². The van der Waals surface area contributed by atoms with Crippen LogP contribution in [0.15, 0.2) is 39.5 Å². The van der Waals surface area contributed by atoms with Crippen LogP contribution in [0.25, 0.3) is 10.8 Å². The first-order valence-corrected chi connectivity index (χ1v) is 10.5. The molecule has 1 aliphatic rings. The lowest BCUT2D eigenvalue weighted by Crippen LogP contribution is -2.17. The molecule has 1 N–H and O–H groups in total. The second-order valence-corrected chi connectivity index (χ2v) is 8.32. The number of esters is 1. The van der Waals surface area contributed by atoms with E-state index < -0.39 is 17.5 Å². The molecule has 0 radical (unpaired) electrons. The Hall–Kier alpha value is -2.93. The second kappa shape index (κ2) is 7.83. The number of amides is 1. The monoisotopic (exact) mass is 411 g/mol. The van der Waals surface area contributed by atoms with Gasteiger partial charge in [-0.15, -0.1) is 11.3 Å². The van der Waals surface area contributed by atoms with Gasteiger partial charge in [-0.2, -0.15) is 0 Å². The lowest BCUT2D eigenvalue weighted by Gasteiger charge is -2.18. The predicted octanol–water partition coefficient (Wildman–Crippen LogP) is 4.41. The quantitative estimate of drug-likeness (QED) is 0.643. The molecule has 0 bridgehead atoms. The Bertz CT molecular complexity index is 1160. The Morgan fingerprint density at radius 1 is 1.31 bits per heavy atom. The van der Waals surface area contributed by atoms with Crippen molar-refractivity contribution in [2.75, 3.05) is 11.9 Å². The van der Waals surface area contributed by atoms with Gasteiger partial charge in [0.05, 0.1) is 17.6 Å². The molecule has 1 amide bonds. The molecule has 29 heavy (non-hydrogen) atoms. The maximum Gasteiger partial charge on any atom is 0.344 e. The number of carbonyl (C=O) groups excluding carboxylic acids is 2. The van der Waals surface area contributed by atoms with E-state index in [0.717, 1.165) is 29.7 Å². The highest BCUT2D eigenvalue weighted by molar-refractivity contribution is 7.17. The Labute approximate surface area is 171 Å². The van der Waals surface area contributed by atoms with Crippen LogP contribution in [0.3, 0.4) is 0 Å². The molecule has 3 aromatic rings. The Kier molecular flexibility index (Phi) is 5.24. The topological polar surface area (TPSA) is 85.6 Å². The van der Waals surface area contributed by atoms with E-state index >= 15 is 0 Å². The molecule has 1 aliphatic carbocycles. The molecule has 7 heteroatoms. The smallest absolute Gasteiger partial charge is 0.344 e. The summed E-state index contributed by atoms with van der Waals surface area (Å²) in [5.41, 5.74) is 0.815. The molecule has 1 atom stereocenters. The van der Waals surface area contributed by atoms with Gasteiger partial charge < -0.3 is 14.5 Å². The van der Waals surface area contributed by atoms with Crippen LogP contribution in [-0.4, -0.2) is 18.5 Å². The van der Waals surface area contributed by atoms with E-state index in [2.05, 4.69) is 12.2 Å². The first-order chi connectivity index (χ1) is 14.0. The number of hydrogen-bond acceptors (Lipinski definition) is 6. The predicted molar refractivity (Wildman–Crippen MR) is 112 cm³/mol. The van der Waals surface area contributed by atoms with Crippen molar-refractivity contribution >= 4 is 39.0 Å². The molecule has 6 nitrogen and oxygen atoms in total. The van der Waals surface area contributed by atoms with Crippen LogP contribution in [-0.2, 0) is 17.6 Å².